The number of aromatic carboxylic acids is 1. The van der Waals surface area contributed by atoms with Crippen molar-refractivity contribution in [2.45, 2.75) is 30.8 Å². The monoisotopic (exact) mass is 413 g/mol. The van der Waals surface area contributed by atoms with Crippen LogP contribution in [0, 0.1) is 6.92 Å². The number of aryl methyl sites for hydroxylation is 1. The van der Waals surface area contributed by atoms with Gasteiger partial charge >= 0.3 is 5.97 Å². The van der Waals surface area contributed by atoms with Gasteiger partial charge in [-0.3, -0.25) is 0 Å². The van der Waals surface area contributed by atoms with Crippen molar-refractivity contribution in [3.63, 3.8) is 0 Å². The van der Waals surface area contributed by atoms with E-state index in [-0.39, 0.29) is 34.9 Å². The first-order valence-electron chi connectivity index (χ1n) is 8.19. The third kappa shape index (κ3) is 4.07. The van der Waals surface area contributed by atoms with E-state index in [1.807, 2.05) is 0 Å². The summed E-state index contributed by atoms with van der Waals surface area (Å²) < 4.78 is 56.8. The normalized spacial score (nSPS) is 19.4. The SMILES string of the molecule is Cc1ccc(C(=O)O)cc1S(=O)(=O)N(Cc1ccco1)[C@@H]1CCS(=O)(=O)C1. The molecule has 1 N–H and O–H groups in total. The Morgan fingerprint density at radius 2 is 2.07 bits per heavy atom. The molecule has 0 bridgehead atoms. The lowest BCUT2D eigenvalue weighted by Crippen LogP contribution is -2.40. The number of carbonyl (C=O) groups is 1. The van der Waals surface area contributed by atoms with Crippen LogP contribution in [0.5, 0.6) is 0 Å². The van der Waals surface area contributed by atoms with Crippen LogP contribution in [-0.2, 0) is 26.4 Å². The van der Waals surface area contributed by atoms with Crippen molar-refractivity contribution in [2.24, 2.45) is 0 Å². The van der Waals surface area contributed by atoms with Crippen molar-refractivity contribution in [1.29, 1.82) is 0 Å². The van der Waals surface area contributed by atoms with Crippen LogP contribution >= 0.6 is 0 Å². The molecule has 1 saturated heterocycles. The Morgan fingerprint density at radius 1 is 1.33 bits per heavy atom. The third-order valence-electron chi connectivity index (χ3n) is 4.53. The van der Waals surface area contributed by atoms with Gasteiger partial charge in [0, 0.05) is 6.04 Å². The molecule has 1 aliphatic rings. The molecule has 1 aliphatic heterocycles. The minimum absolute atomic E-state index is 0.0873. The first-order chi connectivity index (χ1) is 12.6. The number of rotatable bonds is 6. The Hall–Kier alpha value is -2.17. The van der Waals surface area contributed by atoms with Gasteiger partial charge in [-0.15, -0.1) is 0 Å². The van der Waals surface area contributed by atoms with Gasteiger partial charge in [-0.1, -0.05) is 6.07 Å². The van der Waals surface area contributed by atoms with Crippen molar-refractivity contribution in [2.75, 3.05) is 11.5 Å². The minimum Gasteiger partial charge on any atom is -0.478 e. The lowest BCUT2D eigenvalue weighted by molar-refractivity contribution is 0.0696. The number of carboxylic acids is 1. The van der Waals surface area contributed by atoms with Crippen LogP contribution in [0.1, 0.15) is 28.1 Å². The molecule has 10 heteroatoms. The molecule has 0 amide bonds. The summed E-state index contributed by atoms with van der Waals surface area (Å²) in [6, 6.07) is 6.33. The quantitative estimate of drug-likeness (QED) is 0.764. The van der Waals surface area contributed by atoms with Crippen LogP contribution in [0.25, 0.3) is 0 Å². The van der Waals surface area contributed by atoms with Crippen LogP contribution < -0.4 is 0 Å². The van der Waals surface area contributed by atoms with Gasteiger partial charge in [0.15, 0.2) is 9.84 Å². The fourth-order valence-corrected chi connectivity index (χ4v) is 6.80. The van der Waals surface area contributed by atoms with E-state index in [9.17, 15) is 26.7 Å². The number of nitrogens with zero attached hydrogens (tertiary/aromatic N) is 1. The van der Waals surface area contributed by atoms with Crippen LogP contribution in [-0.4, -0.2) is 49.8 Å². The van der Waals surface area contributed by atoms with Gasteiger partial charge in [0.05, 0.1) is 34.8 Å². The molecule has 2 heterocycles. The third-order valence-corrected chi connectivity index (χ3v) is 8.32. The van der Waals surface area contributed by atoms with Gasteiger partial charge in [0.1, 0.15) is 5.76 Å². The standard InChI is InChI=1S/C17H19NO7S2/c1-12-4-5-13(17(19)20)9-16(12)27(23,24)18(10-15-3-2-7-25-15)14-6-8-26(21,22)11-14/h2-5,7,9,14H,6,8,10-11H2,1H3,(H,19,20)/t14-/m1/s1. The van der Waals surface area contributed by atoms with Crippen molar-refractivity contribution in [3.8, 4) is 0 Å². The summed E-state index contributed by atoms with van der Waals surface area (Å²) in [5.74, 6) is -1.23. The van der Waals surface area contributed by atoms with Gasteiger partial charge in [0.2, 0.25) is 10.0 Å². The number of sulfone groups is 1. The second-order valence-corrected chi connectivity index (χ2v) is 10.6. The van der Waals surface area contributed by atoms with Crippen molar-refractivity contribution in [1.82, 2.24) is 4.31 Å². The fraction of sp³-hybridized carbons (Fsp3) is 0.353. The molecule has 0 unspecified atom stereocenters. The number of carboxylic acid groups (broad SMARTS) is 1. The average Bonchev–Trinajstić information content (AvgIpc) is 3.21. The molecular weight excluding hydrogens is 394 g/mol. The summed E-state index contributed by atoms with van der Waals surface area (Å²) in [7, 11) is -7.48. The highest BCUT2D eigenvalue weighted by atomic mass is 32.2. The molecule has 146 valence electrons. The fourth-order valence-electron chi connectivity index (χ4n) is 3.11. The summed E-state index contributed by atoms with van der Waals surface area (Å²) in [6.07, 6.45) is 1.59. The Labute approximate surface area is 157 Å². The second kappa shape index (κ2) is 7.10. The lowest BCUT2D eigenvalue weighted by Gasteiger charge is -2.27. The van der Waals surface area contributed by atoms with E-state index < -0.39 is 31.9 Å². The Kier molecular flexibility index (Phi) is 5.15. The van der Waals surface area contributed by atoms with Crippen molar-refractivity contribution >= 4 is 25.8 Å². The maximum atomic E-state index is 13.3. The molecule has 8 nitrogen and oxygen atoms in total. The van der Waals surface area contributed by atoms with Crippen molar-refractivity contribution < 1.29 is 31.2 Å². The molecule has 2 aromatic rings. The summed E-state index contributed by atoms with van der Waals surface area (Å²) in [6.45, 7) is 1.43. The van der Waals surface area contributed by atoms with Gasteiger partial charge < -0.3 is 9.52 Å². The van der Waals surface area contributed by atoms with E-state index in [1.54, 1.807) is 19.1 Å². The lowest BCUT2D eigenvalue weighted by atomic mass is 10.1. The smallest absolute Gasteiger partial charge is 0.335 e. The summed E-state index contributed by atoms with van der Waals surface area (Å²) in [5, 5.41) is 9.19. The first kappa shape index (κ1) is 19.6. The predicted molar refractivity (Wildman–Crippen MR) is 96.6 cm³/mol. The molecule has 1 aromatic carbocycles. The maximum absolute atomic E-state index is 13.3. The molecule has 1 atom stereocenters. The van der Waals surface area contributed by atoms with Crippen LogP contribution in [0.15, 0.2) is 45.9 Å². The summed E-state index contributed by atoms with van der Waals surface area (Å²) >= 11 is 0. The zero-order valence-corrected chi connectivity index (χ0v) is 16.2. The number of hydrogen-bond acceptors (Lipinski definition) is 6. The molecule has 0 aliphatic carbocycles. The molecule has 3 rings (SSSR count). The number of sulfonamides is 1. The Balaban J connectivity index is 2.07. The van der Waals surface area contributed by atoms with Crippen LogP contribution in [0.4, 0.5) is 0 Å². The number of furan rings is 1. The maximum Gasteiger partial charge on any atom is 0.335 e. The predicted octanol–water partition coefficient (Wildman–Crippen LogP) is 1.66. The Bertz CT molecular complexity index is 1060. The highest BCUT2D eigenvalue weighted by molar-refractivity contribution is 7.92. The number of benzene rings is 1. The molecule has 0 spiro atoms. The topological polar surface area (TPSA) is 122 Å². The van der Waals surface area contributed by atoms with E-state index in [1.165, 1.54) is 18.4 Å². The zero-order chi connectivity index (χ0) is 19.8. The van der Waals surface area contributed by atoms with Gasteiger partial charge in [-0.2, -0.15) is 4.31 Å². The summed E-state index contributed by atoms with van der Waals surface area (Å²) in [5.41, 5.74) is 0.224. The molecule has 1 fully saturated rings. The van der Waals surface area contributed by atoms with Gasteiger partial charge in [-0.05, 0) is 43.2 Å². The number of hydrogen-bond donors (Lipinski definition) is 1. The van der Waals surface area contributed by atoms with E-state index in [0.29, 0.717) is 11.3 Å². The highest BCUT2D eigenvalue weighted by Crippen LogP contribution is 2.29. The molecule has 0 radical (unpaired) electrons. The van der Waals surface area contributed by atoms with E-state index in [4.69, 9.17) is 4.42 Å². The Morgan fingerprint density at radius 3 is 2.63 bits per heavy atom. The van der Waals surface area contributed by atoms with Gasteiger partial charge in [-0.25, -0.2) is 21.6 Å². The second-order valence-electron chi connectivity index (χ2n) is 6.47. The van der Waals surface area contributed by atoms with E-state index in [0.717, 1.165) is 10.4 Å². The molecule has 0 saturated carbocycles. The molecule has 1 aromatic heterocycles. The summed E-state index contributed by atoms with van der Waals surface area (Å²) in [4.78, 5) is 11.1. The average molecular weight is 413 g/mol. The van der Waals surface area contributed by atoms with E-state index in [2.05, 4.69) is 0 Å². The molecular formula is C17H19NO7S2. The van der Waals surface area contributed by atoms with E-state index >= 15 is 0 Å². The van der Waals surface area contributed by atoms with Crippen LogP contribution in [0.3, 0.4) is 0 Å². The van der Waals surface area contributed by atoms with Crippen molar-refractivity contribution in [3.05, 3.63) is 53.5 Å². The molecule has 27 heavy (non-hydrogen) atoms. The minimum atomic E-state index is -4.15. The van der Waals surface area contributed by atoms with Gasteiger partial charge in [0.25, 0.3) is 0 Å². The highest BCUT2D eigenvalue weighted by Gasteiger charge is 2.40. The largest absolute Gasteiger partial charge is 0.478 e. The van der Waals surface area contributed by atoms with Crippen LogP contribution in [0.2, 0.25) is 0 Å². The first-order valence-corrected chi connectivity index (χ1v) is 11.4. The zero-order valence-electron chi connectivity index (χ0n) is 14.5.